The highest BCUT2D eigenvalue weighted by Gasteiger charge is 2.13. The highest BCUT2D eigenvalue weighted by molar-refractivity contribution is 5.88. The van der Waals surface area contributed by atoms with Crippen LogP contribution in [0.1, 0.15) is 24.1 Å². The van der Waals surface area contributed by atoms with Crippen molar-refractivity contribution in [2.45, 2.75) is 19.4 Å². The standard InChI is InChI=1S/C16H18N4O/c1-11(13-9-18-20(2)10-13)19-16(21)7-12-8-17-15-6-4-3-5-14(12)15/h3-6,8-11,17H,7H2,1-2H3,(H,19,21). The highest BCUT2D eigenvalue weighted by Crippen LogP contribution is 2.18. The fraction of sp³-hybridized carbons (Fsp3) is 0.250. The van der Waals surface area contributed by atoms with E-state index in [4.69, 9.17) is 0 Å². The van der Waals surface area contributed by atoms with Crippen LogP contribution in [0.4, 0.5) is 0 Å². The van der Waals surface area contributed by atoms with Crippen LogP contribution < -0.4 is 5.32 Å². The van der Waals surface area contributed by atoms with Crippen molar-refractivity contribution in [1.29, 1.82) is 0 Å². The van der Waals surface area contributed by atoms with E-state index in [0.29, 0.717) is 6.42 Å². The van der Waals surface area contributed by atoms with Gasteiger partial charge in [0, 0.05) is 35.9 Å². The number of para-hydroxylation sites is 1. The average molecular weight is 282 g/mol. The molecule has 1 unspecified atom stereocenters. The quantitative estimate of drug-likeness (QED) is 0.771. The minimum atomic E-state index is -0.0450. The molecular formula is C16H18N4O. The van der Waals surface area contributed by atoms with Gasteiger partial charge in [-0.2, -0.15) is 5.10 Å². The molecule has 5 nitrogen and oxygen atoms in total. The van der Waals surface area contributed by atoms with Crippen LogP contribution in [-0.4, -0.2) is 20.7 Å². The first-order chi connectivity index (χ1) is 10.1. The summed E-state index contributed by atoms with van der Waals surface area (Å²) in [5.41, 5.74) is 3.08. The Morgan fingerprint density at radius 2 is 2.24 bits per heavy atom. The van der Waals surface area contributed by atoms with Crippen LogP contribution in [0, 0.1) is 0 Å². The molecule has 5 heteroatoms. The Kier molecular flexibility index (Phi) is 3.48. The maximum atomic E-state index is 12.2. The molecular weight excluding hydrogens is 264 g/mol. The first kappa shape index (κ1) is 13.4. The van der Waals surface area contributed by atoms with Gasteiger partial charge in [-0.05, 0) is 18.6 Å². The molecule has 0 fully saturated rings. The van der Waals surface area contributed by atoms with Gasteiger partial charge in [0.25, 0.3) is 0 Å². The lowest BCUT2D eigenvalue weighted by Gasteiger charge is -2.11. The summed E-state index contributed by atoms with van der Waals surface area (Å²) in [4.78, 5) is 15.4. The molecule has 3 aromatic rings. The fourth-order valence-electron chi connectivity index (χ4n) is 2.49. The van der Waals surface area contributed by atoms with Gasteiger partial charge in [-0.15, -0.1) is 0 Å². The predicted molar refractivity (Wildman–Crippen MR) is 81.8 cm³/mol. The molecule has 2 aromatic heterocycles. The summed E-state index contributed by atoms with van der Waals surface area (Å²) in [5.74, 6) is 0.0103. The molecule has 1 amide bonds. The topological polar surface area (TPSA) is 62.7 Å². The smallest absolute Gasteiger partial charge is 0.224 e. The molecule has 1 aromatic carbocycles. The Morgan fingerprint density at radius 3 is 3.00 bits per heavy atom. The van der Waals surface area contributed by atoms with Crippen molar-refractivity contribution in [2.75, 3.05) is 0 Å². The number of carbonyl (C=O) groups is 1. The molecule has 108 valence electrons. The molecule has 3 rings (SSSR count). The van der Waals surface area contributed by atoms with Gasteiger partial charge < -0.3 is 10.3 Å². The molecule has 0 saturated carbocycles. The van der Waals surface area contributed by atoms with Gasteiger partial charge in [0.2, 0.25) is 5.91 Å². The Morgan fingerprint density at radius 1 is 1.43 bits per heavy atom. The number of rotatable bonds is 4. The lowest BCUT2D eigenvalue weighted by molar-refractivity contribution is -0.121. The molecule has 0 aliphatic heterocycles. The normalized spacial score (nSPS) is 12.5. The summed E-state index contributed by atoms with van der Waals surface area (Å²) in [6, 6.07) is 7.95. The zero-order valence-electron chi connectivity index (χ0n) is 12.1. The van der Waals surface area contributed by atoms with E-state index in [1.807, 2.05) is 50.6 Å². The summed E-state index contributed by atoms with van der Waals surface area (Å²) in [6.07, 6.45) is 5.96. The minimum absolute atomic E-state index is 0.0103. The van der Waals surface area contributed by atoms with Crippen molar-refractivity contribution in [3.8, 4) is 0 Å². The molecule has 0 spiro atoms. The van der Waals surface area contributed by atoms with E-state index in [0.717, 1.165) is 22.0 Å². The third-order valence-electron chi connectivity index (χ3n) is 3.63. The van der Waals surface area contributed by atoms with Crippen molar-refractivity contribution in [1.82, 2.24) is 20.1 Å². The molecule has 0 bridgehead atoms. The number of aromatic nitrogens is 3. The predicted octanol–water partition coefficient (Wildman–Crippen LogP) is 2.32. The van der Waals surface area contributed by atoms with E-state index in [9.17, 15) is 4.79 Å². The van der Waals surface area contributed by atoms with E-state index in [1.165, 1.54) is 0 Å². The minimum Gasteiger partial charge on any atom is -0.361 e. The number of hydrogen-bond donors (Lipinski definition) is 2. The molecule has 0 saturated heterocycles. The summed E-state index contributed by atoms with van der Waals surface area (Å²) < 4.78 is 1.73. The largest absolute Gasteiger partial charge is 0.361 e. The van der Waals surface area contributed by atoms with E-state index >= 15 is 0 Å². The number of aromatic amines is 1. The van der Waals surface area contributed by atoms with Gasteiger partial charge in [0.1, 0.15) is 0 Å². The number of amides is 1. The van der Waals surface area contributed by atoms with Crippen LogP contribution in [0.15, 0.2) is 42.9 Å². The second-order valence-electron chi connectivity index (χ2n) is 5.27. The Bertz CT molecular complexity index is 771. The van der Waals surface area contributed by atoms with Crippen LogP contribution in [0.5, 0.6) is 0 Å². The molecule has 1 atom stereocenters. The van der Waals surface area contributed by atoms with Crippen LogP contribution in [0.2, 0.25) is 0 Å². The first-order valence-electron chi connectivity index (χ1n) is 6.96. The van der Waals surface area contributed by atoms with Gasteiger partial charge in [0.15, 0.2) is 0 Å². The van der Waals surface area contributed by atoms with Crippen LogP contribution in [-0.2, 0) is 18.3 Å². The lowest BCUT2D eigenvalue weighted by atomic mass is 10.1. The van der Waals surface area contributed by atoms with Gasteiger partial charge >= 0.3 is 0 Å². The number of benzene rings is 1. The van der Waals surface area contributed by atoms with Crippen molar-refractivity contribution in [2.24, 2.45) is 7.05 Å². The van der Waals surface area contributed by atoms with Crippen molar-refractivity contribution < 1.29 is 4.79 Å². The summed E-state index contributed by atoms with van der Waals surface area (Å²) in [7, 11) is 1.87. The van der Waals surface area contributed by atoms with Gasteiger partial charge in [0.05, 0.1) is 18.7 Å². The Labute approximate surface area is 123 Å². The number of hydrogen-bond acceptors (Lipinski definition) is 2. The highest BCUT2D eigenvalue weighted by atomic mass is 16.1. The van der Waals surface area contributed by atoms with Gasteiger partial charge in [-0.3, -0.25) is 9.48 Å². The van der Waals surface area contributed by atoms with Crippen molar-refractivity contribution in [3.05, 3.63) is 54.0 Å². The summed E-state index contributed by atoms with van der Waals surface area (Å²) >= 11 is 0. The van der Waals surface area contributed by atoms with Crippen LogP contribution in [0.3, 0.4) is 0 Å². The molecule has 21 heavy (non-hydrogen) atoms. The molecule has 0 aliphatic carbocycles. The number of H-pyrrole nitrogens is 1. The van der Waals surface area contributed by atoms with E-state index < -0.39 is 0 Å². The van der Waals surface area contributed by atoms with Crippen molar-refractivity contribution >= 4 is 16.8 Å². The van der Waals surface area contributed by atoms with Gasteiger partial charge in [-0.25, -0.2) is 0 Å². The second-order valence-corrected chi connectivity index (χ2v) is 5.27. The van der Waals surface area contributed by atoms with Crippen LogP contribution in [0.25, 0.3) is 10.9 Å². The number of nitrogens with zero attached hydrogens (tertiary/aromatic N) is 2. The fourth-order valence-corrected chi connectivity index (χ4v) is 2.49. The molecule has 0 aliphatic rings. The second kappa shape index (κ2) is 5.44. The Hall–Kier alpha value is -2.56. The van der Waals surface area contributed by atoms with E-state index in [2.05, 4.69) is 15.4 Å². The molecule has 0 radical (unpaired) electrons. The zero-order chi connectivity index (χ0) is 14.8. The lowest BCUT2D eigenvalue weighted by Crippen LogP contribution is -2.27. The number of carbonyl (C=O) groups excluding carboxylic acids is 1. The number of nitrogens with one attached hydrogen (secondary N) is 2. The average Bonchev–Trinajstić information content (AvgIpc) is 3.06. The maximum Gasteiger partial charge on any atom is 0.224 e. The third-order valence-corrected chi connectivity index (χ3v) is 3.63. The monoisotopic (exact) mass is 282 g/mol. The molecule has 2 N–H and O–H groups in total. The maximum absolute atomic E-state index is 12.2. The first-order valence-corrected chi connectivity index (χ1v) is 6.96. The molecule has 2 heterocycles. The van der Waals surface area contributed by atoms with E-state index in [-0.39, 0.29) is 11.9 Å². The number of aryl methyl sites for hydroxylation is 1. The summed E-state index contributed by atoms with van der Waals surface area (Å²) in [5, 5.41) is 8.23. The zero-order valence-corrected chi connectivity index (χ0v) is 12.1. The van der Waals surface area contributed by atoms with Crippen LogP contribution >= 0.6 is 0 Å². The SMILES string of the molecule is CC(NC(=O)Cc1c[nH]c2ccccc12)c1cnn(C)c1. The van der Waals surface area contributed by atoms with E-state index in [1.54, 1.807) is 10.9 Å². The Balaban J connectivity index is 1.69. The third kappa shape index (κ3) is 2.81. The van der Waals surface area contributed by atoms with Gasteiger partial charge in [-0.1, -0.05) is 18.2 Å². The summed E-state index contributed by atoms with van der Waals surface area (Å²) in [6.45, 7) is 1.96. The number of fused-ring (bicyclic) bond motifs is 1. The van der Waals surface area contributed by atoms with Crippen molar-refractivity contribution in [3.63, 3.8) is 0 Å².